The molecule has 0 amide bonds. The van der Waals surface area contributed by atoms with E-state index in [1.165, 1.54) is 38.0 Å². The summed E-state index contributed by atoms with van der Waals surface area (Å²) >= 11 is 0. The minimum Gasteiger partial charge on any atom is -0.489 e. The molecule has 0 aliphatic carbocycles. The first-order chi connectivity index (χ1) is 16.3. The summed E-state index contributed by atoms with van der Waals surface area (Å²) in [5.74, 6) is 1.33. The van der Waals surface area contributed by atoms with E-state index in [1.807, 2.05) is 34.8 Å². The molecule has 2 N–H and O–H groups in total. The topological polar surface area (TPSA) is 68.7 Å². The maximum Gasteiger partial charge on any atom is 0.151 e. The molecule has 1 aliphatic heterocycles. The van der Waals surface area contributed by atoms with Crippen LogP contribution in [0, 0.1) is 0 Å². The van der Waals surface area contributed by atoms with Gasteiger partial charge in [0, 0.05) is 11.3 Å². The molecular formula is C27H31N5O. The molecule has 0 bridgehead atoms. The lowest BCUT2D eigenvalue weighted by Crippen LogP contribution is -2.30. The number of aryl methyl sites for hydroxylation is 1. The van der Waals surface area contributed by atoms with Crippen LogP contribution in [-0.2, 0) is 13.0 Å². The molecule has 0 spiro atoms. The molecule has 0 saturated carbocycles. The summed E-state index contributed by atoms with van der Waals surface area (Å²) < 4.78 is 8.02. The molecule has 0 radical (unpaired) electrons. The van der Waals surface area contributed by atoms with Crippen LogP contribution in [0.4, 0.5) is 5.82 Å². The van der Waals surface area contributed by atoms with Gasteiger partial charge < -0.3 is 15.4 Å². The van der Waals surface area contributed by atoms with Crippen molar-refractivity contribution in [1.82, 2.24) is 19.5 Å². The van der Waals surface area contributed by atoms with Crippen LogP contribution in [0.25, 0.3) is 16.6 Å². The summed E-state index contributed by atoms with van der Waals surface area (Å²) in [6.45, 7) is 4.12. The highest BCUT2D eigenvalue weighted by atomic mass is 16.5. The van der Waals surface area contributed by atoms with Crippen LogP contribution in [0.1, 0.15) is 36.9 Å². The smallest absolute Gasteiger partial charge is 0.151 e. The third-order valence-electron chi connectivity index (χ3n) is 6.41. The highest BCUT2D eigenvalue weighted by Gasteiger charge is 2.16. The van der Waals surface area contributed by atoms with Gasteiger partial charge in [-0.2, -0.15) is 5.10 Å². The highest BCUT2D eigenvalue weighted by Crippen LogP contribution is 2.33. The molecule has 33 heavy (non-hydrogen) atoms. The Kier molecular flexibility index (Phi) is 6.53. The number of hydrogen-bond donors (Lipinski definition) is 1. The average Bonchev–Trinajstić information content (AvgIpc) is 3.24. The summed E-state index contributed by atoms with van der Waals surface area (Å²) in [6, 6.07) is 20.6. The molecule has 3 heterocycles. The number of nitrogens with two attached hydrogens (primary N) is 1. The van der Waals surface area contributed by atoms with Crippen molar-refractivity contribution in [2.24, 2.45) is 0 Å². The number of likely N-dealkylation sites (tertiary alicyclic amines) is 1. The highest BCUT2D eigenvalue weighted by molar-refractivity contribution is 5.88. The molecule has 1 saturated heterocycles. The molecule has 2 aromatic heterocycles. The number of ether oxygens (including phenoxy) is 1. The van der Waals surface area contributed by atoms with E-state index < -0.39 is 0 Å². The number of rotatable bonds is 8. The van der Waals surface area contributed by atoms with Gasteiger partial charge in [0.1, 0.15) is 24.2 Å². The number of fused-ring (bicyclic) bond motifs is 1. The van der Waals surface area contributed by atoms with Crippen molar-refractivity contribution in [2.75, 3.05) is 25.4 Å². The van der Waals surface area contributed by atoms with Gasteiger partial charge in [0.15, 0.2) is 5.82 Å². The predicted octanol–water partition coefficient (Wildman–Crippen LogP) is 4.98. The number of nitrogens with zero attached hydrogens (tertiary/aromatic N) is 4. The summed E-state index contributed by atoms with van der Waals surface area (Å²) in [5.41, 5.74) is 11.6. The maximum atomic E-state index is 6.31. The van der Waals surface area contributed by atoms with Crippen molar-refractivity contribution in [2.45, 2.75) is 38.7 Å². The van der Waals surface area contributed by atoms with Crippen LogP contribution < -0.4 is 10.5 Å². The van der Waals surface area contributed by atoms with Gasteiger partial charge in [0.25, 0.3) is 0 Å². The van der Waals surface area contributed by atoms with E-state index in [0.717, 1.165) is 47.3 Å². The fraction of sp³-hybridized carbons (Fsp3) is 0.333. The molecule has 5 rings (SSSR count). The summed E-state index contributed by atoms with van der Waals surface area (Å²) in [4.78, 5) is 6.85. The van der Waals surface area contributed by atoms with Crippen molar-refractivity contribution >= 4 is 11.3 Å². The Labute approximate surface area is 195 Å². The molecule has 6 heteroatoms. The molecule has 0 atom stereocenters. The van der Waals surface area contributed by atoms with E-state index in [-0.39, 0.29) is 0 Å². The molecular weight excluding hydrogens is 410 g/mol. The fourth-order valence-electron chi connectivity index (χ4n) is 4.69. The van der Waals surface area contributed by atoms with Crippen LogP contribution in [0.15, 0.2) is 67.0 Å². The van der Waals surface area contributed by atoms with Gasteiger partial charge >= 0.3 is 0 Å². The summed E-state index contributed by atoms with van der Waals surface area (Å²) in [7, 11) is 0. The first kappa shape index (κ1) is 21.5. The molecule has 1 fully saturated rings. The van der Waals surface area contributed by atoms with Crippen LogP contribution in [0.5, 0.6) is 5.75 Å². The molecule has 170 valence electrons. The molecule has 1 aliphatic rings. The zero-order valence-electron chi connectivity index (χ0n) is 19.0. The van der Waals surface area contributed by atoms with Gasteiger partial charge in [-0.3, -0.25) is 0 Å². The van der Waals surface area contributed by atoms with Crippen LogP contribution in [0.3, 0.4) is 0 Å². The van der Waals surface area contributed by atoms with E-state index in [0.29, 0.717) is 12.4 Å². The van der Waals surface area contributed by atoms with Gasteiger partial charge in [0.2, 0.25) is 0 Å². The van der Waals surface area contributed by atoms with E-state index in [2.05, 4.69) is 45.3 Å². The van der Waals surface area contributed by atoms with Crippen molar-refractivity contribution < 1.29 is 4.74 Å². The SMILES string of the molecule is Nc1ncnn2c(CCCN3CCCCC3)cc(-c3cccc(OCc4ccccc4)c3)c12. The number of nitrogen functional groups attached to an aromatic ring is 1. The van der Waals surface area contributed by atoms with Gasteiger partial charge in [-0.1, -0.05) is 48.9 Å². The Bertz CT molecular complexity index is 1200. The number of hydrogen-bond acceptors (Lipinski definition) is 5. The Morgan fingerprint density at radius 2 is 1.79 bits per heavy atom. The fourth-order valence-corrected chi connectivity index (χ4v) is 4.69. The zero-order valence-corrected chi connectivity index (χ0v) is 19.0. The quantitative estimate of drug-likeness (QED) is 0.418. The predicted molar refractivity (Wildman–Crippen MR) is 132 cm³/mol. The van der Waals surface area contributed by atoms with Crippen molar-refractivity contribution in [3.05, 3.63) is 78.2 Å². The second kappa shape index (κ2) is 10.0. The lowest BCUT2D eigenvalue weighted by Gasteiger charge is -2.26. The largest absolute Gasteiger partial charge is 0.489 e. The normalized spacial score (nSPS) is 14.5. The van der Waals surface area contributed by atoms with Gasteiger partial charge in [-0.25, -0.2) is 9.50 Å². The second-order valence-electron chi connectivity index (χ2n) is 8.76. The zero-order chi connectivity index (χ0) is 22.5. The molecule has 6 nitrogen and oxygen atoms in total. The first-order valence-electron chi connectivity index (χ1n) is 11.9. The van der Waals surface area contributed by atoms with Gasteiger partial charge in [0.05, 0.1) is 0 Å². The van der Waals surface area contributed by atoms with Gasteiger partial charge in [-0.15, -0.1) is 0 Å². The van der Waals surface area contributed by atoms with Crippen molar-refractivity contribution in [3.8, 4) is 16.9 Å². The van der Waals surface area contributed by atoms with Crippen LogP contribution in [-0.4, -0.2) is 39.1 Å². The lowest BCUT2D eigenvalue weighted by molar-refractivity contribution is 0.226. The first-order valence-corrected chi connectivity index (χ1v) is 11.9. The summed E-state index contributed by atoms with van der Waals surface area (Å²) in [6.07, 6.45) is 7.62. The standard InChI is InChI=1S/C27H31N5O/c28-27-26-25(22-11-7-13-24(17-22)33-19-21-9-3-1-4-10-21)18-23(32(26)30-20-29-27)12-8-16-31-14-5-2-6-15-31/h1,3-4,7,9-11,13,17-18,20H,2,5-6,8,12,14-16,19H2,(H2,28,29,30). The molecule has 4 aromatic rings. The van der Waals surface area contributed by atoms with E-state index in [9.17, 15) is 0 Å². The number of aromatic nitrogens is 3. The molecule has 0 unspecified atom stereocenters. The monoisotopic (exact) mass is 441 g/mol. The molecule has 2 aromatic carbocycles. The van der Waals surface area contributed by atoms with E-state index in [1.54, 1.807) is 6.33 Å². The second-order valence-corrected chi connectivity index (χ2v) is 8.76. The average molecular weight is 442 g/mol. The van der Waals surface area contributed by atoms with Crippen LogP contribution in [0.2, 0.25) is 0 Å². The minimum absolute atomic E-state index is 0.498. The number of anilines is 1. The van der Waals surface area contributed by atoms with Crippen LogP contribution >= 0.6 is 0 Å². The van der Waals surface area contributed by atoms with Crippen molar-refractivity contribution in [3.63, 3.8) is 0 Å². The number of piperidine rings is 1. The Morgan fingerprint density at radius 3 is 2.64 bits per heavy atom. The van der Waals surface area contributed by atoms with Crippen molar-refractivity contribution in [1.29, 1.82) is 0 Å². The minimum atomic E-state index is 0.498. The third kappa shape index (κ3) is 5.01. The van der Waals surface area contributed by atoms with E-state index in [4.69, 9.17) is 10.5 Å². The lowest BCUT2D eigenvalue weighted by atomic mass is 10.1. The number of benzene rings is 2. The van der Waals surface area contributed by atoms with Gasteiger partial charge in [-0.05, 0) is 74.6 Å². The Hall–Kier alpha value is -3.38. The summed E-state index contributed by atoms with van der Waals surface area (Å²) in [5, 5.41) is 4.53. The van der Waals surface area contributed by atoms with E-state index >= 15 is 0 Å². The Morgan fingerprint density at radius 1 is 0.939 bits per heavy atom. The Balaban J connectivity index is 1.37. The maximum absolute atomic E-state index is 6.31. The third-order valence-corrected chi connectivity index (χ3v) is 6.41.